The second-order valence-electron chi connectivity index (χ2n) is 8.93. The van der Waals surface area contributed by atoms with E-state index in [4.69, 9.17) is 0 Å². The molecule has 0 saturated heterocycles. The van der Waals surface area contributed by atoms with Crippen LogP contribution in [0.15, 0.2) is 47.4 Å². The normalized spacial score (nSPS) is 15.6. The Balaban J connectivity index is 1.57. The zero-order valence-corrected chi connectivity index (χ0v) is 21.2. The predicted octanol–water partition coefficient (Wildman–Crippen LogP) is 7.38. The largest absolute Gasteiger partial charge is 0.416 e. The molecule has 4 rings (SSSR count). The second kappa shape index (κ2) is 10.2. The number of anilines is 2. The van der Waals surface area contributed by atoms with Crippen LogP contribution < -0.4 is 10.0 Å². The minimum absolute atomic E-state index is 0.0617. The average molecular weight is 524 g/mol. The Morgan fingerprint density at radius 2 is 1.63 bits per heavy atom. The molecule has 1 saturated carbocycles. The third-order valence-corrected chi connectivity index (χ3v) is 8.84. The van der Waals surface area contributed by atoms with Gasteiger partial charge in [0.1, 0.15) is 0 Å². The molecule has 1 fully saturated rings. The molecule has 188 valence electrons. The van der Waals surface area contributed by atoms with E-state index in [9.17, 15) is 21.6 Å². The molecule has 1 aliphatic rings. The van der Waals surface area contributed by atoms with E-state index in [-0.39, 0.29) is 10.6 Å². The van der Waals surface area contributed by atoms with Gasteiger partial charge in [-0.25, -0.2) is 13.4 Å². The zero-order chi connectivity index (χ0) is 25.2. The molecule has 1 aliphatic carbocycles. The highest BCUT2D eigenvalue weighted by atomic mass is 32.2. The van der Waals surface area contributed by atoms with Gasteiger partial charge in [-0.05, 0) is 68.1 Å². The molecule has 0 atom stereocenters. The first-order valence-electron chi connectivity index (χ1n) is 11.6. The number of aromatic nitrogens is 1. The topological polar surface area (TPSA) is 71.1 Å². The fraction of sp³-hybridized carbons (Fsp3) is 0.400. The summed E-state index contributed by atoms with van der Waals surface area (Å²) in [6.07, 6.45) is 2.70. The maximum atomic E-state index is 13.1. The lowest BCUT2D eigenvalue weighted by Crippen LogP contribution is -2.17. The zero-order valence-electron chi connectivity index (χ0n) is 19.6. The maximum Gasteiger partial charge on any atom is 0.416 e. The number of alkyl halides is 3. The van der Waals surface area contributed by atoms with Crippen molar-refractivity contribution in [2.45, 2.75) is 69.5 Å². The number of hydrogen-bond acceptors (Lipinski definition) is 5. The van der Waals surface area contributed by atoms with Gasteiger partial charge in [0.25, 0.3) is 10.0 Å². The number of halogens is 3. The monoisotopic (exact) mass is 523 g/mol. The summed E-state index contributed by atoms with van der Waals surface area (Å²) >= 11 is 1.50. The van der Waals surface area contributed by atoms with Crippen molar-refractivity contribution >= 4 is 32.2 Å². The van der Waals surface area contributed by atoms with Crippen LogP contribution in [0.1, 0.15) is 55.3 Å². The lowest BCUT2D eigenvalue weighted by molar-refractivity contribution is -0.137. The Labute approximate surface area is 207 Å². The van der Waals surface area contributed by atoms with E-state index in [1.165, 1.54) is 37.0 Å². The molecule has 35 heavy (non-hydrogen) atoms. The molecule has 0 spiro atoms. The first kappa shape index (κ1) is 25.5. The van der Waals surface area contributed by atoms with E-state index in [0.717, 1.165) is 58.4 Å². The standard InChI is InChI=1S/C25H28F3N3O2S2/c1-16-9-10-18(23-17(2)29-24(34-23)30-20-7-5-3-4-6-8-20)15-22(16)35(32,33)31-21-13-11-19(12-14-21)25(26,27)28/h9-15,20,31H,3-8H2,1-2H3,(H,29,30). The summed E-state index contributed by atoms with van der Waals surface area (Å²) in [6.45, 7) is 3.59. The van der Waals surface area contributed by atoms with Crippen molar-refractivity contribution in [2.75, 3.05) is 10.0 Å². The molecule has 2 aromatic carbocycles. The van der Waals surface area contributed by atoms with E-state index < -0.39 is 21.8 Å². The molecule has 3 aromatic rings. The SMILES string of the molecule is Cc1ccc(-c2sc(NC3CCCCCC3)nc2C)cc1S(=O)(=O)Nc1ccc(C(F)(F)F)cc1. The molecule has 0 unspecified atom stereocenters. The van der Waals surface area contributed by atoms with Crippen molar-refractivity contribution in [3.63, 3.8) is 0 Å². The van der Waals surface area contributed by atoms with Crippen LogP contribution in [-0.4, -0.2) is 19.4 Å². The minimum Gasteiger partial charge on any atom is -0.359 e. The van der Waals surface area contributed by atoms with Crippen LogP contribution in [0.4, 0.5) is 24.0 Å². The van der Waals surface area contributed by atoms with Crippen molar-refractivity contribution in [1.29, 1.82) is 0 Å². The lowest BCUT2D eigenvalue weighted by atomic mass is 10.1. The van der Waals surface area contributed by atoms with Gasteiger partial charge in [-0.2, -0.15) is 13.2 Å². The van der Waals surface area contributed by atoms with Crippen LogP contribution >= 0.6 is 11.3 Å². The van der Waals surface area contributed by atoms with Gasteiger partial charge in [-0.3, -0.25) is 4.72 Å². The highest BCUT2D eigenvalue weighted by molar-refractivity contribution is 7.92. The molecular weight excluding hydrogens is 495 g/mol. The Hall–Kier alpha value is -2.59. The summed E-state index contributed by atoms with van der Waals surface area (Å²) in [7, 11) is -4.02. The summed E-state index contributed by atoms with van der Waals surface area (Å²) in [6, 6.07) is 9.51. The summed E-state index contributed by atoms with van der Waals surface area (Å²) in [5.41, 5.74) is 1.30. The van der Waals surface area contributed by atoms with Crippen molar-refractivity contribution in [2.24, 2.45) is 0 Å². The van der Waals surface area contributed by atoms with Crippen LogP contribution in [0.5, 0.6) is 0 Å². The number of hydrogen-bond donors (Lipinski definition) is 2. The van der Waals surface area contributed by atoms with Gasteiger partial charge in [-0.1, -0.05) is 49.2 Å². The van der Waals surface area contributed by atoms with Gasteiger partial charge < -0.3 is 5.32 Å². The van der Waals surface area contributed by atoms with Crippen LogP contribution in [0, 0.1) is 13.8 Å². The Bertz CT molecular complexity index is 1280. The molecule has 1 heterocycles. The van der Waals surface area contributed by atoms with Crippen LogP contribution in [0.25, 0.3) is 10.4 Å². The molecule has 10 heteroatoms. The van der Waals surface area contributed by atoms with Gasteiger partial charge in [0.15, 0.2) is 5.13 Å². The molecule has 0 amide bonds. The van der Waals surface area contributed by atoms with Gasteiger partial charge in [0, 0.05) is 11.7 Å². The number of nitrogens with zero attached hydrogens (tertiary/aromatic N) is 1. The number of rotatable bonds is 6. The predicted molar refractivity (Wildman–Crippen MR) is 134 cm³/mol. The van der Waals surface area contributed by atoms with E-state index in [2.05, 4.69) is 15.0 Å². The van der Waals surface area contributed by atoms with Gasteiger partial charge >= 0.3 is 6.18 Å². The number of benzene rings is 2. The van der Waals surface area contributed by atoms with Crippen LogP contribution in [0.3, 0.4) is 0 Å². The third-order valence-electron chi connectivity index (χ3n) is 6.18. The molecule has 1 aromatic heterocycles. The lowest BCUT2D eigenvalue weighted by Gasteiger charge is -2.14. The van der Waals surface area contributed by atoms with Crippen LogP contribution in [0.2, 0.25) is 0 Å². The van der Waals surface area contributed by atoms with E-state index >= 15 is 0 Å². The quantitative estimate of drug-likeness (QED) is 0.331. The molecule has 2 N–H and O–H groups in total. The number of sulfonamides is 1. The number of nitrogens with one attached hydrogen (secondary N) is 2. The van der Waals surface area contributed by atoms with E-state index in [1.807, 2.05) is 13.0 Å². The molecular formula is C25H28F3N3O2S2. The average Bonchev–Trinajstić information content (AvgIpc) is 2.97. The minimum atomic E-state index is -4.49. The van der Waals surface area contributed by atoms with Gasteiger partial charge in [-0.15, -0.1) is 0 Å². The molecule has 0 bridgehead atoms. The van der Waals surface area contributed by atoms with Gasteiger partial charge in [0.2, 0.25) is 0 Å². The Kier molecular flexibility index (Phi) is 7.42. The number of aryl methyl sites for hydroxylation is 2. The van der Waals surface area contributed by atoms with Gasteiger partial charge in [0.05, 0.1) is 21.0 Å². The van der Waals surface area contributed by atoms with Crippen molar-refractivity contribution in [3.05, 3.63) is 59.3 Å². The highest BCUT2D eigenvalue weighted by Crippen LogP contribution is 2.36. The third kappa shape index (κ3) is 6.16. The maximum absolute atomic E-state index is 13.1. The number of thiazole rings is 1. The highest BCUT2D eigenvalue weighted by Gasteiger charge is 2.30. The first-order valence-corrected chi connectivity index (χ1v) is 13.9. The smallest absolute Gasteiger partial charge is 0.359 e. The fourth-order valence-corrected chi connectivity index (χ4v) is 6.66. The molecule has 0 radical (unpaired) electrons. The fourth-order valence-electron chi connectivity index (χ4n) is 4.29. The van der Waals surface area contributed by atoms with E-state index in [0.29, 0.717) is 11.6 Å². The summed E-state index contributed by atoms with van der Waals surface area (Å²) in [5, 5.41) is 4.38. The van der Waals surface area contributed by atoms with E-state index in [1.54, 1.807) is 19.1 Å². The van der Waals surface area contributed by atoms with Crippen molar-refractivity contribution < 1.29 is 21.6 Å². The van der Waals surface area contributed by atoms with Crippen LogP contribution in [-0.2, 0) is 16.2 Å². The Morgan fingerprint density at radius 3 is 2.26 bits per heavy atom. The van der Waals surface area contributed by atoms with Crippen molar-refractivity contribution in [1.82, 2.24) is 4.98 Å². The summed E-state index contributed by atoms with van der Waals surface area (Å²) in [4.78, 5) is 5.62. The Morgan fingerprint density at radius 1 is 0.971 bits per heavy atom. The summed E-state index contributed by atoms with van der Waals surface area (Å²) < 4.78 is 67.1. The second-order valence-corrected chi connectivity index (χ2v) is 11.6. The molecule has 0 aliphatic heterocycles. The first-order chi connectivity index (χ1) is 16.5. The molecule has 5 nitrogen and oxygen atoms in total. The summed E-state index contributed by atoms with van der Waals surface area (Å²) in [5.74, 6) is 0. The van der Waals surface area contributed by atoms with Crippen molar-refractivity contribution in [3.8, 4) is 10.4 Å².